The van der Waals surface area contributed by atoms with Crippen molar-refractivity contribution < 1.29 is 20.1 Å². The largest absolute Gasteiger partial charge is 0.394 e. The highest BCUT2D eigenvalue weighted by molar-refractivity contribution is 4.92. The Morgan fingerprint density at radius 1 is 1.41 bits per heavy atom. The van der Waals surface area contributed by atoms with Crippen molar-refractivity contribution in [3.05, 3.63) is 12.2 Å². The maximum Gasteiger partial charge on any atom is 0.181 e. The van der Waals surface area contributed by atoms with Gasteiger partial charge in [-0.3, -0.25) is 0 Å². The van der Waals surface area contributed by atoms with Crippen LogP contribution in [0.15, 0.2) is 6.33 Å². The maximum atomic E-state index is 9.72. The summed E-state index contributed by atoms with van der Waals surface area (Å²) in [5, 5.41) is 32.1. The minimum atomic E-state index is -1.20. The van der Waals surface area contributed by atoms with Crippen LogP contribution in [0, 0.1) is 0 Å². The number of hydrogen-bond donors (Lipinski definition) is 5. The van der Waals surface area contributed by atoms with E-state index in [9.17, 15) is 10.2 Å². The molecular formula is C8H15N5O4. The molecule has 2 rings (SSSR count). The van der Waals surface area contributed by atoms with Crippen molar-refractivity contribution in [1.29, 1.82) is 0 Å². The number of aliphatic hydroxyl groups excluding tert-OH is 3. The van der Waals surface area contributed by atoms with Crippen molar-refractivity contribution in [1.82, 2.24) is 14.8 Å². The Balaban J connectivity index is 2.17. The van der Waals surface area contributed by atoms with Crippen LogP contribution in [0.25, 0.3) is 0 Å². The molecule has 1 fully saturated rings. The molecule has 0 aliphatic carbocycles. The monoisotopic (exact) mass is 245 g/mol. The first-order chi connectivity index (χ1) is 8.04. The van der Waals surface area contributed by atoms with Gasteiger partial charge in [-0.25, -0.2) is 9.67 Å². The standard InChI is InChI=1S/C8H15N5O4/c9-6(10)7-11-2-13(12-7)8-5(16)4(15)3(1-14)17-8/h2-6,8,14-16H,1,9-10H2. The lowest BCUT2D eigenvalue weighted by Gasteiger charge is -2.14. The van der Waals surface area contributed by atoms with E-state index in [2.05, 4.69) is 10.1 Å². The van der Waals surface area contributed by atoms with Crippen LogP contribution in [0.5, 0.6) is 0 Å². The van der Waals surface area contributed by atoms with E-state index in [1.807, 2.05) is 0 Å². The molecule has 1 saturated heterocycles. The number of nitrogens with zero attached hydrogens (tertiary/aromatic N) is 3. The molecule has 4 atom stereocenters. The zero-order valence-electron chi connectivity index (χ0n) is 8.92. The van der Waals surface area contributed by atoms with Gasteiger partial charge < -0.3 is 31.5 Å². The minimum Gasteiger partial charge on any atom is -0.394 e. The number of aliphatic hydroxyl groups is 3. The molecule has 2 heterocycles. The van der Waals surface area contributed by atoms with Gasteiger partial charge in [-0.1, -0.05) is 0 Å². The second-order valence-electron chi connectivity index (χ2n) is 3.84. The molecule has 1 aliphatic rings. The lowest BCUT2D eigenvalue weighted by Crippen LogP contribution is -2.33. The Bertz CT molecular complexity index is 384. The van der Waals surface area contributed by atoms with Gasteiger partial charge in [0.15, 0.2) is 12.1 Å². The minimum absolute atomic E-state index is 0.197. The molecule has 4 unspecified atom stereocenters. The van der Waals surface area contributed by atoms with E-state index in [0.29, 0.717) is 0 Å². The molecule has 1 aromatic heterocycles. The fraction of sp³-hybridized carbons (Fsp3) is 0.750. The van der Waals surface area contributed by atoms with Crippen LogP contribution < -0.4 is 11.5 Å². The van der Waals surface area contributed by atoms with Gasteiger partial charge >= 0.3 is 0 Å². The van der Waals surface area contributed by atoms with Crippen molar-refractivity contribution in [2.75, 3.05) is 6.61 Å². The topological polar surface area (TPSA) is 153 Å². The van der Waals surface area contributed by atoms with Gasteiger partial charge in [0.05, 0.1) is 6.61 Å². The number of ether oxygens (including phenoxy) is 1. The molecule has 0 amide bonds. The van der Waals surface area contributed by atoms with Crippen molar-refractivity contribution in [2.24, 2.45) is 11.5 Å². The van der Waals surface area contributed by atoms with Crippen LogP contribution in [0.3, 0.4) is 0 Å². The molecule has 9 heteroatoms. The van der Waals surface area contributed by atoms with Gasteiger partial charge in [0.2, 0.25) is 0 Å². The Morgan fingerprint density at radius 2 is 2.12 bits per heavy atom. The van der Waals surface area contributed by atoms with Gasteiger partial charge in [-0.15, -0.1) is 0 Å². The fourth-order valence-corrected chi connectivity index (χ4v) is 1.66. The highest BCUT2D eigenvalue weighted by Crippen LogP contribution is 2.28. The lowest BCUT2D eigenvalue weighted by molar-refractivity contribution is -0.0589. The molecule has 0 spiro atoms. The zero-order chi connectivity index (χ0) is 12.6. The Labute approximate surface area is 96.6 Å². The normalized spacial score (nSPS) is 33.5. The third kappa shape index (κ3) is 2.16. The van der Waals surface area contributed by atoms with Gasteiger partial charge in [-0.2, -0.15) is 5.10 Å². The summed E-state index contributed by atoms with van der Waals surface area (Å²) >= 11 is 0. The number of nitrogens with two attached hydrogens (primary N) is 2. The summed E-state index contributed by atoms with van der Waals surface area (Å²) in [6.45, 7) is -0.396. The first-order valence-corrected chi connectivity index (χ1v) is 5.09. The van der Waals surface area contributed by atoms with Crippen LogP contribution in [-0.4, -0.2) is 55.0 Å². The highest BCUT2D eigenvalue weighted by atomic mass is 16.6. The van der Waals surface area contributed by atoms with Crippen LogP contribution >= 0.6 is 0 Å². The molecule has 1 aromatic rings. The second kappa shape index (κ2) is 4.64. The summed E-state index contributed by atoms with van der Waals surface area (Å²) in [6, 6.07) is 0. The fourth-order valence-electron chi connectivity index (χ4n) is 1.66. The van der Waals surface area contributed by atoms with Gasteiger partial charge in [0, 0.05) is 0 Å². The molecule has 0 aromatic carbocycles. The summed E-state index contributed by atoms with van der Waals surface area (Å²) in [5.41, 5.74) is 10.8. The Hall–Kier alpha value is -1.10. The van der Waals surface area contributed by atoms with Gasteiger partial charge in [0.1, 0.15) is 30.8 Å². The van der Waals surface area contributed by atoms with E-state index in [4.69, 9.17) is 21.3 Å². The second-order valence-corrected chi connectivity index (χ2v) is 3.84. The van der Waals surface area contributed by atoms with E-state index in [1.54, 1.807) is 0 Å². The number of aromatic nitrogens is 3. The molecule has 1 aliphatic heterocycles. The molecule has 7 N–H and O–H groups in total. The van der Waals surface area contributed by atoms with Crippen LogP contribution in [0.1, 0.15) is 18.2 Å². The Morgan fingerprint density at radius 3 is 2.59 bits per heavy atom. The predicted molar refractivity (Wildman–Crippen MR) is 54.1 cm³/mol. The highest BCUT2D eigenvalue weighted by Gasteiger charge is 2.43. The maximum absolute atomic E-state index is 9.72. The third-order valence-corrected chi connectivity index (χ3v) is 2.60. The molecule has 0 radical (unpaired) electrons. The summed E-state index contributed by atoms with van der Waals surface area (Å²) < 4.78 is 6.46. The third-order valence-electron chi connectivity index (χ3n) is 2.60. The summed E-state index contributed by atoms with van der Waals surface area (Å²) in [7, 11) is 0. The SMILES string of the molecule is NC(N)c1ncn(C2OC(CO)C(O)C2O)n1. The van der Waals surface area contributed by atoms with E-state index in [0.717, 1.165) is 0 Å². The van der Waals surface area contributed by atoms with Crippen LogP contribution in [-0.2, 0) is 4.74 Å². The van der Waals surface area contributed by atoms with Crippen molar-refractivity contribution >= 4 is 0 Å². The summed E-state index contributed by atoms with van der Waals surface area (Å²) in [6.07, 6.45) is -3.67. The van der Waals surface area contributed by atoms with Crippen molar-refractivity contribution in [3.8, 4) is 0 Å². The molecule has 9 nitrogen and oxygen atoms in total. The van der Waals surface area contributed by atoms with Crippen LogP contribution in [0.2, 0.25) is 0 Å². The molecule has 0 saturated carbocycles. The first-order valence-electron chi connectivity index (χ1n) is 5.09. The average Bonchev–Trinajstić information content (AvgIpc) is 2.87. The quantitative estimate of drug-likeness (QED) is 0.349. The Kier molecular flexibility index (Phi) is 3.38. The first kappa shape index (κ1) is 12.4. The summed E-state index contributed by atoms with van der Waals surface area (Å²) in [4.78, 5) is 3.84. The summed E-state index contributed by atoms with van der Waals surface area (Å²) in [5.74, 6) is 0.197. The van der Waals surface area contributed by atoms with Gasteiger partial charge in [-0.05, 0) is 0 Å². The van der Waals surface area contributed by atoms with Crippen LogP contribution in [0.4, 0.5) is 0 Å². The molecule has 17 heavy (non-hydrogen) atoms. The zero-order valence-corrected chi connectivity index (χ0v) is 8.92. The van der Waals surface area contributed by atoms with E-state index < -0.39 is 37.3 Å². The van der Waals surface area contributed by atoms with Crippen molar-refractivity contribution in [2.45, 2.75) is 30.7 Å². The average molecular weight is 245 g/mol. The molecule has 96 valence electrons. The van der Waals surface area contributed by atoms with Crippen molar-refractivity contribution in [3.63, 3.8) is 0 Å². The molecule has 0 bridgehead atoms. The van der Waals surface area contributed by atoms with E-state index in [-0.39, 0.29) is 5.82 Å². The number of hydrogen-bond acceptors (Lipinski definition) is 8. The number of rotatable bonds is 3. The lowest BCUT2D eigenvalue weighted by atomic mass is 10.1. The van der Waals surface area contributed by atoms with E-state index in [1.165, 1.54) is 11.0 Å². The molecular weight excluding hydrogens is 230 g/mol. The smallest absolute Gasteiger partial charge is 0.181 e. The predicted octanol–water partition coefficient (Wildman–Crippen LogP) is -3.19. The van der Waals surface area contributed by atoms with E-state index >= 15 is 0 Å². The van der Waals surface area contributed by atoms with Gasteiger partial charge in [0.25, 0.3) is 0 Å².